The predicted octanol–water partition coefficient (Wildman–Crippen LogP) is 2.07. The fraction of sp³-hybridized carbons (Fsp3) is 0.417. The second-order valence-electron chi connectivity index (χ2n) is 3.47. The van der Waals surface area contributed by atoms with Crippen LogP contribution in [0.4, 0.5) is 4.39 Å². The Morgan fingerprint density at radius 3 is 2.56 bits per heavy atom. The Balaban J connectivity index is 2.30. The van der Waals surface area contributed by atoms with Gasteiger partial charge in [0.05, 0.1) is 6.54 Å². The van der Waals surface area contributed by atoms with E-state index in [1.807, 2.05) is 6.92 Å². The summed E-state index contributed by atoms with van der Waals surface area (Å²) in [4.78, 5) is 12.8. The monoisotopic (exact) mass is 225 g/mol. The second kappa shape index (κ2) is 6.10. The highest BCUT2D eigenvalue weighted by Gasteiger charge is 2.05. The zero-order valence-electron chi connectivity index (χ0n) is 9.57. The highest BCUT2D eigenvalue weighted by atomic mass is 19.1. The van der Waals surface area contributed by atoms with Gasteiger partial charge >= 0.3 is 0 Å². The summed E-state index contributed by atoms with van der Waals surface area (Å²) in [6.45, 7) is 2.76. The number of halogens is 1. The summed E-state index contributed by atoms with van der Waals surface area (Å²) in [5, 5.41) is 0. The lowest BCUT2D eigenvalue weighted by molar-refractivity contribution is -0.129. The van der Waals surface area contributed by atoms with Gasteiger partial charge in [-0.3, -0.25) is 4.79 Å². The second-order valence-corrected chi connectivity index (χ2v) is 3.47. The summed E-state index contributed by atoms with van der Waals surface area (Å²) in [6, 6.07) is 5.82. The summed E-state index contributed by atoms with van der Waals surface area (Å²) in [6.07, 6.45) is 0.493. The van der Waals surface area contributed by atoms with Crippen LogP contribution in [0.1, 0.15) is 13.3 Å². The third kappa shape index (κ3) is 3.88. The molecule has 0 unspecified atom stereocenters. The summed E-state index contributed by atoms with van der Waals surface area (Å²) >= 11 is 0. The van der Waals surface area contributed by atoms with E-state index in [1.54, 1.807) is 24.1 Å². The topological polar surface area (TPSA) is 29.5 Å². The molecule has 1 rings (SSSR count). The van der Waals surface area contributed by atoms with Crippen molar-refractivity contribution in [2.75, 3.05) is 20.2 Å². The molecule has 0 saturated carbocycles. The van der Waals surface area contributed by atoms with Crippen molar-refractivity contribution in [2.45, 2.75) is 13.3 Å². The molecule has 3 nitrogen and oxygen atoms in total. The first-order valence-corrected chi connectivity index (χ1v) is 5.25. The maximum absolute atomic E-state index is 12.6. The molecule has 0 aliphatic heterocycles. The lowest BCUT2D eigenvalue weighted by Crippen LogP contribution is -2.30. The average Bonchev–Trinajstić information content (AvgIpc) is 2.30. The van der Waals surface area contributed by atoms with E-state index in [4.69, 9.17) is 4.74 Å². The first-order valence-electron chi connectivity index (χ1n) is 5.25. The molecule has 4 heteroatoms. The van der Waals surface area contributed by atoms with E-state index in [9.17, 15) is 9.18 Å². The number of hydrogen-bond acceptors (Lipinski definition) is 2. The first-order chi connectivity index (χ1) is 7.63. The van der Waals surface area contributed by atoms with Crippen molar-refractivity contribution in [3.05, 3.63) is 30.1 Å². The standard InChI is InChI=1S/C12H16FNO2/c1-3-12(15)14(2)8-9-16-11-6-4-10(13)5-7-11/h4-7H,3,8-9H2,1-2H3. The molecule has 1 aromatic carbocycles. The molecule has 0 spiro atoms. The smallest absolute Gasteiger partial charge is 0.222 e. The quantitative estimate of drug-likeness (QED) is 0.767. The van der Waals surface area contributed by atoms with Gasteiger partial charge in [-0.25, -0.2) is 4.39 Å². The van der Waals surface area contributed by atoms with Gasteiger partial charge in [-0.1, -0.05) is 6.92 Å². The van der Waals surface area contributed by atoms with Crippen molar-refractivity contribution < 1.29 is 13.9 Å². The van der Waals surface area contributed by atoms with Crippen molar-refractivity contribution >= 4 is 5.91 Å². The van der Waals surface area contributed by atoms with E-state index < -0.39 is 0 Å². The fourth-order valence-corrected chi connectivity index (χ4v) is 1.23. The van der Waals surface area contributed by atoms with Crippen LogP contribution in [0.25, 0.3) is 0 Å². The highest BCUT2D eigenvalue weighted by molar-refractivity contribution is 5.75. The summed E-state index contributed by atoms with van der Waals surface area (Å²) in [5.74, 6) is 0.409. The molecule has 0 aliphatic carbocycles. The molecular weight excluding hydrogens is 209 g/mol. The summed E-state index contributed by atoms with van der Waals surface area (Å²) < 4.78 is 17.9. The number of benzene rings is 1. The minimum Gasteiger partial charge on any atom is -0.492 e. The molecule has 0 aliphatic rings. The lowest BCUT2D eigenvalue weighted by Gasteiger charge is -2.16. The molecule has 1 aromatic rings. The minimum absolute atomic E-state index is 0.0858. The molecule has 88 valence electrons. The van der Waals surface area contributed by atoms with Gasteiger partial charge in [0.2, 0.25) is 5.91 Å². The Bertz CT molecular complexity index is 337. The highest BCUT2D eigenvalue weighted by Crippen LogP contribution is 2.10. The van der Waals surface area contributed by atoms with Crippen LogP contribution in [0, 0.1) is 5.82 Å². The summed E-state index contributed by atoms with van der Waals surface area (Å²) in [7, 11) is 1.74. The van der Waals surface area contributed by atoms with Crippen molar-refractivity contribution in [3.63, 3.8) is 0 Å². The summed E-state index contributed by atoms with van der Waals surface area (Å²) in [5.41, 5.74) is 0. The van der Waals surface area contributed by atoms with E-state index in [0.29, 0.717) is 25.3 Å². The SMILES string of the molecule is CCC(=O)N(C)CCOc1ccc(F)cc1. The van der Waals surface area contributed by atoms with Crippen LogP contribution >= 0.6 is 0 Å². The van der Waals surface area contributed by atoms with Crippen LogP contribution in [0.3, 0.4) is 0 Å². The van der Waals surface area contributed by atoms with Crippen LogP contribution in [-0.4, -0.2) is 31.0 Å². The Morgan fingerprint density at radius 1 is 1.38 bits per heavy atom. The van der Waals surface area contributed by atoms with Crippen molar-refractivity contribution in [3.8, 4) is 5.75 Å². The lowest BCUT2D eigenvalue weighted by atomic mass is 10.3. The van der Waals surface area contributed by atoms with Crippen molar-refractivity contribution in [1.29, 1.82) is 0 Å². The Morgan fingerprint density at radius 2 is 2.00 bits per heavy atom. The minimum atomic E-state index is -0.286. The zero-order valence-corrected chi connectivity index (χ0v) is 9.57. The van der Waals surface area contributed by atoms with Gasteiger partial charge in [0.25, 0.3) is 0 Å². The number of ether oxygens (including phenoxy) is 1. The molecule has 0 N–H and O–H groups in total. The van der Waals surface area contributed by atoms with E-state index in [-0.39, 0.29) is 11.7 Å². The molecule has 0 atom stereocenters. The molecule has 0 heterocycles. The van der Waals surface area contributed by atoms with E-state index in [0.717, 1.165) is 0 Å². The predicted molar refractivity (Wildman–Crippen MR) is 59.8 cm³/mol. The number of likely N-dealkylation sites (N-methyl/N-ethyl adjacent to an activating group) is 1. The van der Waals surface area contributed by atoms with E-state index >= 15 is 0 Å². The molecule has 16 heavy (non-hydrogen) atoms. The Kier molecular flexibility index (Phi) is 4.76. The van der Waals surface area contributed by atoms with Crippen LogP contribution in [0.5, 0.6) is 5.75 Å². The van der Waals surface area contributed by atoms with Gasteiger partial charge in [0.15, 0.2) is 0 Å². The van der Waals surface area contributed by atoms with Crippen LogP contribution in [0.15, 0.2) is 24.3 Å². The average molecular weight is 225 g/mol. The number of nitrogens with zero attached hydrogens (tertiary/aromatic N) is 1. The van der Waals surface area contributed by atoms with E-state index in [2.05, 4.69) is 0 Å². The van der Waals surface area contributed by atoms with Gasteiger partial charge < -0.3 is 9.64 Å². The van der Waals surface area contributed by atoms with Crippen LogP contribution < -0.4 is 4.74 Å². The van der Waals surface area contributed by atoms with Gasteiger partial charge in [-0.15, -0.1) is 0 Å². The molecule has 0 bridgehead atoms. The van der Waals surface area contributed by atoms with Gasteiger partial charge in [0, 0.05) is 13.5 Å². The van der Waals surface area contributed by atoms with Crippen LogP contribution in [0.2, 0.25) is 0 Å². The molecule has 0 fully saturated rings. The molecule has 0 radical (unpaired) electrons. The molecule has 1 amide bonds. The number of rotatable bonds is 5. The fourth-order valence-electron chi connectivity index (χ4n) is 1.23. The third-order valence-corrected chi connectivity index (χ3v) is 2.24. The molecular formula is C12H16FNO2. The normalized spacial score (nSPS) is 9.94. The van der Waals surface area contributed by atoms with Gasteiger partial charge in [0.1, 0.15) is 18.2 Å². The molecule has 0 aromatic heterocycles. The number of amides is 1. The maximum atomic E-state index is 12.6. The number of carbonyl (C=O) groups is 1. The van der Waals surface area contributed by atoms with Crippen LogP contribution in [-0.2, 0) is 4.79 Å². The number of hydrogen-bond donors (Lipinski definition) is 0. The van der Waals surface area contributed by atoms with Gasteiger partial charge in [-0.2, -0.15) is 0 Å². The van der Waals surface area contributed by atoms with E-state index in [1.165, 1.54) is 12.1 Å². The Labute approximate surface area is 94.8 Å². The Hall–Kier alpha value is -1.58. The zero-order chi connectivity index (χ0) is 12.0. The first kappa shape index (κ1) is 12.5. The van der Waals surface area contributed by atoms with Crippen molar-refractivity contribution in [1.82, 2.24) is 4.90 Å². The maximum Gasteiger partial charge on any atom is 0.222 e. The molecule has 0 saturated heterocycles. The third-order valence-electron chi connectivity index (χ3n) is 2.24. The van der Waals surface area contributed by atoms with Crippen molar-refractivity contribution in [2.24, 2.45) is 0 Å². The van der Waals surface area contributed by atoms with Gasteiger partial charge in [-0.05, 0) is 24.3 Å². The largest absolute Gasteiger partial charge is 0.492 e. The number of carbonyl (C=O) groups excluding carboxylic acids is 1.